The first kappa shape index (κ1) is 21.0. The number of aromatic nitrogens is 6. The van der Waals surface area contributed by atoms with E-state index in [1.165, 1.54) is 12.1 Å². The van der Waals surface area contributed by atoms with Gasteiger partial charge in [-0.1, -0.05) is 0 Å². The molecule has 5 aromatic rings. The van der Waals surface area contributed by atoms with Gasteiger partial charge >= 0.3 is 0 Å². The van der Waals surface area contributed by atoms with Crippen molar-refractivity contribution in [3.05, 3.63) is 84.9 Å². The van der Waals surface area contributed by atoms with Crippen LogP contribution in [0.1, 0.15) is 0 Å². The van der Waals surface area contributed by atoms with Crippen LogP contribution < -0.4 is 11.1 Å². The van der Waals surface area contributed by atoms with Gasteiger partial charge in [0.25, 0.3) is 11.1 Å². The van der Waals surface area contributed by atoms with Crippen LogP contribution in [0.25, 0.3) is 39.2 Å². The summed E-state index contributed by atoms with van der Waals surface area (Å²) < 4.78 is 19.1. The van der Waals surface area contributed by atoms with E-state index in [4.69, 9.17) is 24.4 Å². The standard InChI is InChI=1S/C22H17FN6O2S2/c1-27-17-14(18(30)25-21(27)32)13(16(24-17)11-5-7-12(23)8-6-11)15-19(31)26-22(33)28(2)20(15)29-9-3-4-10-29/h3-10,24H,1-2H3,(H,25,30,32)(H,26,31,33). The molecule has 0 saturated heterocycles. The van der Waals surface area contributed by atoms with Gasteiger partial charge in [0, 0.05) is 32.1 Å². The van der Waals surface area contributed by atoms with E-state index in [0.29, 0.717) is 28.3 Å². The molecule has 11 heteroatoms. The summed E-state index contributed by atoms with van der Waals surface area (Å²) in [5.74, 6) is 0.0721. The highest BCUT2D eigenvalue weighted by molar-refractivity contribution is 7.71. The molecule has 166 valence electrons. The van der Waals surface area contributed by atoms with Gasteiger partial charge in [-0.15, -0.1) is 0 Å². The molecule has 5 rings (SSSR count). The van der Waals surface area contributed by atoms with Gasteiger partial charge in [-0.05, 0) is 66.4 Å². The molecule has 3 N–H and O–H groups in total. The first-order chi connectivity index (χ1) is 15.8. The fraction of sp³-hybridized carbons (Fsp3) is 0.0909. The average Bonchev–Trinajstić information content (AvgIpc) is 3.43. The number of fused-ring (bicyclic) bond motifs is 1. The molecule has 0 atom stereocenters. The molecule has 0 fully saturated rings. The number of halogens is 1. The van der Waals surface area contributed by atoms with Crippen LogP contribution in [0, 0.1) is 15.4 Å². The third-order valence-electron chi connectivity index (χ3n) is 5.59. The Hall–Kier alpha value is -3.83. The predicted molar refractivity (Wildman–Crippen MR) is 129 cm³/mol. The lowest BCUT2D eigenvalue weighted by atomic mass is 10.00. The lowest BCUT2D eigenvalue weighted by Crippen LogP contribution is -2.21. The van der Waals surface area contributed by atoms with E-state index < -0.39 is 16.9 Å². The molecule has 0 radical (unpaired) electrons. The van der Waals surface area contributed by atoms with E-state index in [0.717, 1.165) is 0 Å². The van der Waals surface area contributed by atoms with E-state index in [9.17, 15) is 14.0 Å². The summed E-state index contributed by atoms with van der Waals surface area (Å²) in [6.07, 6.45) is 3.57. The van der Waals surface area contributed by atoms with Crippen LogP contribution in [-0.2, 0) is 14.1 Å². The Morgan fingerprint density at radius 1 is 0.818 bits per heavy atom. The average molecular weight is 481 g/mol. The number of nitrogens with zero attached hydrogens (tertiary/aromatic N) is 3. The van der Waals surface area contributed by atoms with Crippen LogP contribution >= 0.6 is 24.4 Å². The third kappa shape index (κ3) is 3.24. The molecule has 0 bridgehead atoms. The minimum absolute atomic E-state index is 0.219. The highest BCUT2D eigenvalue weighted by Gasteiger charge is 2.26. The zero-order chi connectivity index (χ0) is 23.4. The lowest BCUT2D eigenvalue weighted by Gasteiger charge is -2.16. The molecule has 8 nitrogen and oxygen atoms in total. The van der Waals surface area contributed by atoms with Crippen molar-refractivity contribution >= 4 is 35.5 Å². The van der Waals surface area contributed by atoms with Crippen LogP contribution in [0.15, 0.2) is 58.4 Å². The molecule has 0 spiro atoms. The highest BCUT2D eigenvalue weighted by atomic mass is 32.1. The Balaban J connectivity index is 2.05. The molecule has 4 heterocycles. The summed E-state index contributed by atoms with van der Waals surface area (Å²) in [5, 5.41) is 0.251. The molecule has 0 unspecified atom stereocenters. The number of hydrogen-bond donors (Lipinski definition) is 3. The van der Waals surface area contributed by atoms with Crippen molar-refractivity contribution < 1.29 is 4.39 Å². The predicted octanol–water partition coefficient (Wildman–Crippen LogP) is 3.94. The summed E-state index contributed by atoms with van der Waals surface area (Å²) in [6.45, 7) is 0. The monoisotopic (exact) mass is 480 g/mol. The number of rotatable bonds is 3. The molecule has 1 aromatic carbocycles. The van der Waals surface area contributed by atoms with Crippen molar-refractivity contribution in [1.82, 2.24) is 28.7 Å². The van der Waals surface area contributed by atoms with Crippen molar-refractivity contribution in [3.63, 3.8) is 0 Å². The largest absolute Gasteiger partial charge is 0.340 e. The second kappa shape index (κ2) is 7.64. The van der Waals surface area contributed by atoms with E-state index in [1.807, 2.05) is 12.1 Å². The Morgan fingerprint density at radius 2 is 1.42 bits per heavy atom. The summed E-state index contributed by atoms with van der Waals surface area (Å²) in [6, 6.07) is 9.43. The van der Waals surface area contributed by atoms with E-state index in [1.54, 1.807) is 52.3 Å². The van der Waals surface area contributed by atoms with Crippen LogP contribution in [0.3, 0.4) is 0 Å². The van der Waals surface area contributed by atoms with Gasteiger partial charge in [0.05, 0.1) is 16.6 Å². The third-order valence-corrected chi connectivity index (χ3v) is 6.35. The minimum Gasteiger partial charge on any atom is -0.340 e. The molecule has 0 aliphatic heterocycles. The zero-order valence-corrected chi connectivity index (χ0v) is 19.1. The molecule has 0 saturated carbocycles. The second-order valence-corrected chi connectivity index (χ2v) is 8.30. The van der Waals surface area contributed by atoms with Gasteiger partial charge < -0.3 is 18.7 Å². The summed E-state index contributed by atoms with van der Waals surface area (Å²) in [5.41, 5.74) is 1.18. The van der Waals surface area contributed by atoms with Gasteiger partial charge in [-0.3, -0.25) is 19.6 Å². The van der Waals surface area contributed by atoms with Gasteiger partial charge in [0.2, 0.25) is 0 Å². The van der Waals surface area contributed by atoms with Crippen molar-refractivity contribution in [2.24, 2.45) is 14.1 Å². The number of hydrogen-bond acceptors (Lipinski definition) is 4. The highest BCUT2D eigenvalue weighted by Crippen LogP contribution is 2.37. The Bertz CT molecular complexity index is 1770. The van der Waals surface area contributed by atoms with Crippen molar-refractivity contribution in [2.75, 3.05) is 0 Å². The molecule has 33 heavy (non-hydrogen) atoms. The number of aromatic amines is 3. The lowest BCUT2D eigenvalue weighted by molar-refractivity contribution is 0.628. The molecule has 0 aliphatic carbocycles. The van der Waals surface area contributed by atoms with Crippen LogP contribution in [0.2, 0.25) is 0 Å². The number of benzene rings is 1. The van der Waals surface area contributed by atoms with Crippen molar-refractivity contribution in [3.8, 4) is 28.2 Å². The SMILES string of the molecule is Cn1c(-n2cccc2)c(-c2c(-c3ccc(F)cc3)[nH]c3c2c(=O)[nH]c(=S)n3C)c(=O)[nH]c1=S. The van der Waals surface area contributed by atoms with E-state index >= 15 is 0 Å². The molecule has 0 aliphatic rings. The van der Waals surface area contributed by atoms with Gasteiger partial charge in [0.15, 0.2) is 9.54 Å². The maximum absolute atomic E-state index is 13.7. The Kier molecular flexibility index (Phi) is 4.87. The Labute approximate surface area is 195 Å². The van der Waals surface area contributed by atoms with E-state index in [2.05, 4.69) is 15.0 Å². The maximum atomic E-state index is 13.7. The van der Waals surface area contributed by atoms with Crippen molar-refractivity contribution in [2.45, 2.75) is 0 Å². The molecular weight excluding hydrogens is 463 g/mol. The number of nitrogens with one attached hydrogen (secondary N) is 3. The zero-order valence-electron chi connectivity index (χ0n) is 17.5. The van der Waals surface area contributed by atoms with Gasteiger partial charge in [-0.2, -0.15) is 0 Å². The van der Waals surface area contributed by atoms with Gasteiger partial charge in [0.1, 0.15) is 17.3 Å². The summed E-state index contributed by atoms with van der Waals surface area (Å²) in [4.78, 5) is 35.1. The fourth-order valence-electron chi connectivity index (χ4n) is 4.00. The quantitative estimate of drug-likeness (QED) is 0.341. The molecule has 0 amide bonds. The van der Waals surface area contributed by atoms with Crippen LogP contribution in [0.5, 0.6) is 0 Å². The maximum Gasteiger partial charge on any atom is 0.261 e. The molecular formula is C22H17FN6O2S2. The first-order valence-corrected chi connectivity index (χ1v) is 10.7. The second-order valence-electron chi connectivity index (χ2n) is 7.53. The van der Waals surface area contributed by atoms with Gasteiger partial charge in [-0.25, -0.2) is 4.39 Å². The minimum atomic E-state index is -0.462. The van der Waals surface area contributed by atoms with Crippen LogP contribution in [-0.4, -0.2) is 28.7 Å². The smallest absolute Gasteiger partial charge is 0.261 e. The summed E-state index contributed by atoms with van der Waals surface area (Å²) >= 11 is 10.6. The van der Waals surface area contributed by atoms with E-state index in [-0.39, 0.29) is 20.5 Å². The number of H-pyrrole nitrogens is 3. The topological polar surface area (TPSA) is 96.3 Å². The normalized spacial score (nSPS) is 11.4. The fourth-order valence-corrected chi connectivity index (χ4v) is 4.36. The molecule has 4 aromatic heterocycles. The van der Waals surface area contributed by atoms with Crippen LogP contribution in [0.4, 0.5) is 4.39 Å². The summed E-state index contributed by atoms with van der Waals surface area (Å²) in [7, 11) is 3.44. The first-order valence-electron chi connectivity index (χ1n) is 9.86. The van der Waals surface area contributed by atoms with Crippen molar-refractivity contribution in [1.29, 1.82) is 0 Å². The Morgan fingerprint density at radius 3 is 2.09 bits per heavy atom. The number of aryl methyl sites for hydroxylation is 1.